The molecular formula is C37H33N3O4S3. The molecule has 47 heavy (non-hydrogen) atoms. The molecule has 1 N–H and O–H groups in total. The minimum Gasteiger partial charge on any atom is -0.497 e. The summed E-state index contributed by atoms with van der Waals surface area (Å²) in [5.74, 6) is 0.177. The molecule has 1 fully saturated rings. The Morgan fingerprint density at radius 3 is 1.89 bits per heavy atom. The maximum Gasteiger partial charge on any atom is 0.262 e. The summed E-state index contributed by atoms with van der Waals surface area (Å²) in [6.07, 6.45) is 7.60. The van der Waals surface area contributed by atoms with E-state index in [4.69, 9.17) is 4.74 Å². The number of aliphatic hydroxyl groups is 1. The van der Waals surface area contributed by atoms with Crippen molar-refractivity contribution < 1.29 is 19.4 Å². The molecule has 10 heteroatoms. The van der Waals surface area contributed by atoms with Crippen LogP contribution in [0.3, 0.4) is 0 Å². The number of para-hydroxylation sites is 2. The second-order valence-corrected chi connectivity index (χ2v) is 16.6. The highest BCUT2D eigenvalue weighted by atomic mass is 32.3. The van der Waals surface area contributed by atoms with Crippen LogP contribution in [-0.4, -0.2) is 65.8 Å². The highest BCUT2D eigenvalue weighted by molar-refractivity contribution is 8.33. The molecule has 1 saturated carbocycles. The van der Waals surface area contributed by atoms with Gasteiger partial charge in [0.05, 0.1) is 41.9 Å². The van der Waals surface area contributed by atoms with E-state index in [2.05, 4.69) is 52.2 Å². The van der Waals surface area contributed by atoms with Crippen LogP contribution in [0.1, 0.15) is 51.2 Å². The molecule has 0 radical (unpaired) electrons. The molecule has 3 aliphatic rings. The van der Waals surface area contributed by atoms with E-state index >= 15 is 0 Å². The fraction of sp³-hybridized carbons (Fsp3) is 0.297. The van der Waals surface area contributed by atoms with Crippen LogP contribution < -0.4 is 4.74 Å². The van der Waals surface area contributed by atoms with Crippen molar-refractivity contribution in [1.82, 2.24) is 14.0 Å². The SMILES string of the molecule is COc1ccc(CN2C(=O)c3c(c4c5ccccc5n5c4c4c3c3ccccc3n4C3CC5[C@](O)(C(SC)(SC)SC)C3)C2=O)cc1. The molecule has 1 aliphatic carbocycles. The Morgan fingerprint density at radius 2 is 1.34 bits per heavy atom. The molecule has 7 nitrogen and oxygen atoms in total. The summed E-state index contributed by atoms with van der Waals surface area (Å²) in [7, 11) is 1.62. The molecule has 3 atom stereocenters. The van der Waals surface area contributed by atoms with Crippen molar-refractivity contribution in [2.45, 2.75) is 40.5 Å². The lowest BCUT2D eigenvalue weighted by molar-refractivity contribution is 0.0176. The summed E-state index contributed by atoms with van der Waals surface area (Å²) in [4.78, 5) is 30.7. The number of aromatic nitrogens is 2. The number of nitrogens with zero attached hydrogens (tertiary/aromatic N) is 3. The average molecular weight is 680 g/mol. The molecule has 2 aliphatic heterocycles. The Kier molecular flexibility index (Phi) is 6.43. The lowest BCUT2D eigenvalue weighted by Crippen LogP contribution is -2.51. The summed E-state index contributed by atoms with van der Waals surface area (Å²) < 4.78 is 9.57. The van der Waals surface area contributed by atoms with Gasteiger partial charge in [0.25, 0.3) is 11.8 Å². The third-order valence-electron chi connectivity index (χ3n) is 10.8. The lowest BCUT2D eigenvalue weighted by Gasteiger charge is -2.46. The third-order valence-corrected chi connectivity index (χ3v) is 16.5. The number of benzene rings is 4. The number of carbonyl (C=O) groups is 2. The van der Waals surface area contributed by atoms with Crippen LogP contribution in [0, 0.1) is 0 Å². The standard InChI is InChI=1S/C37H33N3O4S3/c1-44-22-15-13-20(14-16-22)19-38-34(41)30-28-23-9-5-7-11-25(23)39-21-17-27(36(43,18-21)37(45-2,46-3)47-4)40-26-12-8-6-10-24(26)29(31(30)35(38)42)33(40)32(28)39/h5-16,21,27,43H,17-19H2,1-4H3/t21?,27?,36-/m0/s1. The van der Waals surface area contributed by atoms with Gasteiger partial charge in [-0.25, -0.2) is 0 Å². The largest absolute Gasteiger partial charge is 0.497 e. The Bertz CT molecular complexity index is 2320. The number of imide groups is 1. The van der Waals surface area contributed by atoms with E-state index in [1.54, 1.807) is 42.4 Å². The topological polar surface area (TPSA) is 76.7 Å². The zero-order valence-electron chi connectivity index (χ0n) is 26.4. The van der Waals surface area contributed by atoms with Gasteiger partial charge in [-0.15, -0.1) is 35.3 Å². The number of ether oxygens (including phenoxy) is 1. The van der Waals surface area contributed by atoms with E-state index in [1.165, 1.54) is 4.90 Å². The monoisotopic (exact) mass is 679 g/mol. The minimum absolute atomic E-state index is 0.000691. The van der Waals surface area contributed by atoms with Crippen LogP contribution >= 0.6 is 35.3 Å². The smallest absolute Gasteiger partial charge is 0.262 e. The van der Waals surface area contributed by atoms with Crippen molar-refractivity contribution in [3.05, 3.63) is 89.5 Å². The first-order valence-electron chi connectivity index (χ1n) is 15.7. The highest BCUT2D eigenvalue weighted by Gasteiger charge is 2.62. The van der Waals surface area contributed by atoms with Crippen molar-refractivity contribution in [3.63, 3.8) is 0 Å². The first-order valence-corrected chi connectivity index (χ1v) is 19.4. The number of thioether (sulfide) groups is 3. The van der Waals surface area contributed by atoms with Gasteiger partial charge in [-0.2, -0.15) is 0 Å². The molecule has 4 aromatic carbocycles. The zero-order valence-corrected chi connectivity index (χ0v) is 28.9. The van der Waals surface area contributed by atoms with Crippen LogP contribution in [0.5, 0.6) is 5.75 Å². The van der Waals surface area contributed by atoms with E-state index in [0.29, 0.717) is 17.5 Å². The van der Waals surface area contributed by atoms with Crippen LogP contribution in [0.2, 0.25) is 0 Å². The molecule has 0 spiro atoms. The highest BCUT2D eigenvalue weighted by Crippen LogP contribution is 2.65. The molecule has 6 aromatic rings. The van der Waals surface area contributed by atoms with Gasteiger partial charge in [-0.05, 0) is 55.0 Å². The third kappa shape index (κ3) is 3.57. The van der Waals surface area contributed by atoms with Crippen LogP contribution in [0.4, 0.5) is 0 Å². The quantitative estimate of drug-likeness (QED) is 0.135. The maximum absolute atomic E-state index is 14.7. The normalized spacial score (nSPS) is 22.0. The van der Waals surface area contributed by atoms with Crippen molar-refractivity contribution in [2.24, 2.45) is 0 Å². The zero-order chi connectivity index (χ0) is 32.4. The first-order chi connectivity index (χ1) is 22.8. The molecule has 2 aromatic heterocycles. The molecule has 4 heterocycles. The number of carbonyl (C=O) groups excluding carboxylic acids is 2. The van der Waals surface area contributed by atoms with Gasteiger partial charge in [0, 0.05) is 45.0 Å². The molecule has 9 rings (SSSR count). The minimum atomic E-state index is -1.07. The van der Waals surface area contributed by atoms with Crippen LogP contribution in [-0.2, 0) is 6.54 Å². The van der Waals surface area contributed by atoms with Gasteiger partial charge >= 0.3 is 0 Å². The fourth-order valence-corrected chi connectivity index (χ4v) is 12.7. The van der Waals surface area contributed by atoms with Crippen molar-refractivity contribution in [1.29, 1.82) is 0 Å². The predicted octanol–water partition coefficient (Wildman–Crippen LogP) is 8.07. The van der Waals surface area contributed by atoms with Crippen molar-refractivity contribution in [3.8, 4) is 5.75 Å². The number of amides is 2. The number of hydrogen-bond donors (Lipinski definition) is 1. The van der Waals surface area contributed by atoms with E-state index in [1.807, 2.05) is 48.5 Å². The first kappa shape index (κ1) is 29.6. The average Bonchev–Trinajstić information content (AvgIpc) is 3.77. The Labute approximate surface area is 284 Å². The molecule has 2 unspecified atom stereocenters. The van der Waals surface area contributed by atoms with Gasteiger partial charge < -0.3 is 19.0 Å². The van der Waals surface area contributed by atoms with Gasteiger partial charge in [-0.3, -0.25) is 14.5 Å². The number of fused-ring (bicyclic) bond motifs is 13. The molecule has 238 valence electrons. The van der Waals surface area contributed by atoms with Gasteiger partial charge in [0.2, 0.25) is 0 Å². The second kappa shape index (κ2) is 10.2. The Balaban J connectivity index is 1.41. The predicted molar refractivity (Wildman–Crippen MR) is 195 cm³/mol. The van der Waals surface area contributed by atoms with Crippen molar-refractivity contribution in [2.75, 3.05) is 25.9 Å². The summed E-state index contributed by atoms with van der Waals surface area (Å²) in [5, 5.41) is 16.7. The van der Waals surface area contributed by atoms with Gasteiger partial charge in [0.15, 0.2) is 0 Å². The number of methoxy groups -OCH3 is 1. The second-order valence-electron chi connectivity index (χ2n) is 12.7. The van der Waals surface area contributed by atoms with Crippen LogP contribution in [0.15, 0.2) is 72.8 Å². The molecule has 2 amide bonds. The van der Waals surface area contributed by atoms with E-state index in [9.17, 15) is 14.7 Å². The summed E-state index contributed by atoms with van der Waals surface area (Å²) in [5.41, 5.74) is 4.67. The van der Waals surface area contributed by atoms with Crippen molar-refractivity contribution >= 4 is 90.7 Å². The summed E-state index contributed by atoms with van der Waals surface area (Å²) in [6.45, 7) is 0.166. The summed E-state index contributed by atoms with van der Waals surface area (Å²) >= 11 is 5.13. The Hall–Kier alpha value is -3.57. The van der Waals surface area contributed by atoms with E-state index < -0.39 is 9.01 Å². The molecule has 0 saturated heterocycles. The van der Waals surface area contributed by atoms with E-state index in [-0.39, 0.29) is 30.4 Å². The van der Waals surface area contributed by atoms with Gasteiger partial charge in [0.1, 0.15) is 14.8 Å². The van der Waals surface area contributed by atoms with Crippen LogP contribution in [0.25, 0.3) is 43.6 Å². The van der Waals surface area contributed by atoms with Gasteiger partial charge in [-0.1, -0.05) is 48.5 Å². The maximum atomic E-state index is 14.7. The molecular weight excluding hydrogens is 647 g/mol. The summed E-state index contributed by atoms with van der Waals surface area (Å²) in [6, 6.07) is 23.7. The Morgan fingerprint density at radius 1 is 0.809 bits per heavy atom. The van der Waals surface area contributed by atoms with E-state index in [0.717, 1.165) is 61.3 Å². The lowest BCUT2D eigenvalue weighted by atomic mass is 9.95. The number of rotatable bonds is 7. The number of hydrogen-bond acceptors (Lipinski definition) is 7. The molecule has 2 bridgehead atoms. The fourth-order valence-electron chi connectivity index (χ4n) is 8.95.